The molecule has 0 radical (unpaired) electrons. The van der Waals surface area contributed by atoms with Crippen LogP contribution in [0.5, 0.6) is 0 Å². The minimum absolute atomic E-state index is 0.278. The van der Waals surface area contributed by atoms with Gasteiger partial charge in [0.1, 0.15) is 0 Å². The van der Waals surface area contributed by atoms with Crippen molar-refractivity contribution >= 4 is 22.6 Å². The van der Waals surface area contributed by atoms with Crippen molar-refractivity contribution in [1.82, 2.24) is 19.7 Å². The number of aromatic nitrogens is 3. The number of urea groups is 1. The molecule has 0 unspecified atom stereocenters. The maximum Gasteiger partial charge on any atom is 0.319 e. The number of anilines is 1. The summed E-state index contributed by atoms with van der Waals surface area (Å²) in [7, 11) is 3.45. The van der Waals surface area contributed by atoms with Gasteiger partial charge < -0.3 is 19.9 Å². The Labute approximate surface area is 152 Å². The zero-order chi connectivity index (χ0) is 18.7. The summed E-state index contributed by atoms with van der Waals surface area (Å²) in [5, 5.41) is 11.1. The van der Waals surface area contributed by atoms with Crippen molar-refractivity contribution in [1.29, 1.82) is 0 Å². The van der Waals surface area contributed by atoms with Gasteiger partial charge in [0.05, 0.1) is 18.3 Å². The Morgan fingerprint density at radius 1 is 1.31 bits per heavy atom. The molecule has 0 fully saturated rings. The Balaban J connectivity index is 1.74. The standard InChI is InChI=1S/C19H25N5O2/c1-5-24-13(2)10-14-11-15(6-7-17(14)24)21-19(25)22-16(12-26-4)18-8-9-20-23(18)3/h6-11,16H,5,12H2,1-4H3,(H2,21,22,25)/t16-/m1/s1. The highest BCUT2D eigenvalue weighted by atomic mass is 16.5. The van der Waals surface area contributed by atoms with Gasteiger partial charge in [-0.15, -0.1) is 0 Å². The van der Waals surface area contributed by atoms with Gasteiger partial charge in [-0.05, 0) is 44.2 Å². The normalized spacial score (nSPS) is 12.3. The fourth-order valence-corrected chi connectivity index (χ4v) is 3.33. The van der Waals surface area contributed by atoms with Crippen LogP contribution in [0.15, 0.2) is 36.5 Å². The number of carbonyl (C=O) groups excluding carboxylic acids is 1. The summed E-state index contributed by atoms with van der Waals surface area (Å²) < 4.78 is 9.21. The highest BCUT2D eigenvalue weighted by molar-refractivity contribution is 5.93. The number of ether oxygens (including phenoxy) is 1. The lowest BCUT2D eigenvalue weighted by Crippen LogP contribution is -2.35. The largest absolute Gasteiger partial charge is 0.382 e. The van der Waals surface area contributed by atoms with Crippen LogP contribution in [0.1, 0.15) is 24.4 Å². The number of rotatable bonds is 6. The topological polar surface area (TPSA) is 73.1 Å². The van der Waals surface area contributed by atoms with E-state index in [1.165, 1.54) is 11.2 Å². The van der Waals surface area contributed by atoms with Gasteiger partial charge in [-0.25, -0.2) is 4.79 Å². The van der Waals surface area contributed by atoms with Gasteiger partial charge in [0.15, 0.2) is 0 Å². The van der Waals surface area contributed by atoms with Crippen molar-refractivity contribution < 1.29 is 9.53 Å². The molecule has 0 aliphatic rings. The molecular weight excluding hydrogens is 330 g/mol. The fraction of sp³-hybridized carbons (Fsp3) is 0.368. The number of amides is 2. The number of hydrogen-bond donors (Lipinski definition) is 2. The molecule has 7 nitrogen and oxygen atoms in total. The number of nitrogens with zero attached hydrogens (tertiary/aromatic N) is 3. The van der Waals surface area contributed by atoms with Crippen molar-refractivity contribution in [2.45, 2.75) is 26.4 Å². The van der Waals surface area contributed by atoms with Crippen molar-refractivity contribution in [3.63, 3.8) is 0 Å². The molecule has 2 aromatic heterocycles. The van der Waals surface area contributed by atoms with E-state index in [-0.39, 0.29) is 12.1 Å². The lowest BCUT2D eigenvalue weighted by atomic mass is 10.2. The smallest absolute Gasteiger partial charge is 0.319 e. The van der Waals surface area contributed by atoms with Gasteiger partial charge in [-0.1, -0.05) is 0 Å². The summed E-state index contributed by atoms with van der Waals surface area (Å²) in [6, 6.07) is 9.39. The SMILES string of the molecule is CCn1c(C)cc2cc(NC(=O)N[C@H](COC)c3ccnn3C)ccc21. The molecule has 7 heteroatoms. The Kier molecular flexibility index (Phi) is 5.27. The predicted octanol–water partition coefficient (Wildman–Crippen LogP) is 3.21. The Hall–Kier alpha value is -2.80. The van der Waals surface area contributed by atoms with E-state index in [0.29, 0.717) is 6.61 Å². The van der Waals surface area contributed by atoms with Crippen LogP contribution in [-0.4, -0.2) is 34.1 Å². The Morgan fingerprint density at radius 2 is 2.12 bits per heavy atom. The van der Waals surface area contributed by atoms with Crippen molar-refractivity contribution in [2.75, 3.05) is 19.0 Å². The van der Waals surface area contributed by atoms with Gasteiger partial charge in [-0.3, -0.25) is 4.68 Å². The molecule has 0 aliphatic carbocycles. The van der Waals surface area contributed by atoms with Crippen molar-refractivity contribution in [3.05, 3.63) is 47.9 Å². The van der Waals surface area contributed by atoms with E-state index in [2.05, 4.69) is 40.2 Å². The van der Waals surface area contributed by atoms with E-state index >= 15 is 0 Å². The van der Waals surface area contributed by atoms with E-state index in [1.54, 1.807) is 18.0 Å². The number of aryl methyl sites for hydroxylation is 3. The molecule has 3 aromatic rings. The Bertz CT molecular complexity index is 912. The maximum absolute atomic E-state index is 12.5. The summed E-state index contributed by atoms with van der Waals surface area (Å²) in [5.41, 5.74) is 4.01. The van der Waals surface area contributed by atoms with Crippen LogP contribution < -0.4 is 10.6 Å². The third-order valence-electron chi connectivity index (χ3n) is 4.54. The second kappa shape index (κ2) is 7.61. The molecule has 0 saturated carbocycles. The minimum Gasteiger partial charge on any atom is -0.382 e. The van der Waals surface area contributed by atoms with Gasteiger partial charge in [-0.2, -0.15) is 5.10 Å². The molecule has 1 atom stereocenters. The average Bonchev–Trinajstić information content (AvgIpc) is 3.16. The summed E-state index contributed by atoms with van der Waals surface area (Å²) in [4.78, 5) is 12.5. The summed E-state index contributed by atoms with van der Waals surface area (Å²) in [6.45, 7) is 5.50. The molecule has 0 bridgehead atoms. The number of benzene rings is 1. The highest BCUT2D eigenvalue weighted by Crippen LogP contribution is 2.23. The maximum atomic E-state index is 12.5. The number of nitrogens with one attached hydrogen (secondary N) is 2. The van der Waals surface area contributed by atoms with Crippen LogP contribution in [0.3, 0.4) is 0 Å². The van der Waals surface area contributed by atoms with Crippen molar-refractivity contribution in [3.8, 4) is 0 Å². The molecule has 2 N–H and O–H groups in total. The molecule has 2 amide bonds. The monoisotopic (exact) mass is 355 g/mol. The molecular formula is C19H25N5O2. The minimum atomic E-state index is -0.278. The Morgan fingerprint density at radius 3 is 2.77 bits per heavy atom. The summed E-state index contributed by atoms with van der Waals surface area (Å²) in [6.07, 6.45) is 1.70. The summed E-state index contributed by atoms with van der Waals surface area (Å²) in [5.74, 6) is 0. The zero-order valence-corrected chi connectivity index (χ0v) is 15.6. The molecule has 0 aliphatic heterocycles. The number of carbonyl (C=O) groups is 1. The second-order valence-corrected chi connectivity index (χ2v) is 6.29. The van der Waals surface area contributed by atoms with Crippen LogP contribution >= 0.6 is 0 Å². The average molecular weight is 355 g/mol. The molecule has 0 spiro atoms. The van der Waals surface area contributed by atoms with Crippen molar-refractivity contribution in [2.24, 2.45) is 7.05 Å². The van der Waals surface area contributed by atoms with Crippen LogP contribution in [0.2, 0.25) is 0 Å². The highest BCUT2D eigenvalue weighted by Gasteiger charge is 2.18. The lowest BCUT2D eigenvalue weighted by molar-refractivity contribution is 0.165. The van der Waals surface area contributed by atoms with Gasteiger partial charge >= 0.3 is 6.03 Å². The van der Waals surface area contributed by atoms with Gasteiger partial charge in [0, 0.05) is 49.2 Å². The van der Waals surface area contributed by atoms with Gasteiger partial charge in [0.2, 0.25) is 0 Å². The fourth-order valence-electron chi connectivity index (χ4n) is 3.33. The zero-order valence-electron chi connectivity index (χ0n) is 15.6. The summed E-state index contributed by atoms with van der Waals surface area (Å²) >= 11 is 0. The van der Waals surface area contributed by atoms with Crippen LogP contribution in [-0.2, 0) is 18.3 Å². The second-order valence-electron chi connectivity index (χ2n) is 6.29. The predicted molar refractivity (Wildman–Crippen MR) is 102 cm³/mol. The quantitative estimate of drug-likeness (QED) is 0.713. The first-order chi connectivity index (χ1) is 12.5. The lowest BCUT2D eigenvalue weighted by Gasteiger charge is -2.18. The van der Waals surface area contributed by atoms with E-state index in [1.807, 2.05) is 31.3 Å². The van der Waals surface area contributed by atoms with E-state index in [4.69, 9.17) is 4.74 Å². The van der Waals surface area contributed by atoms with Crippen LogP contribution in [0.4, 0.5) is 10.5 Å². The van der Waals surface area contributed by atoms with E-state index < -0.39 is 0 Å². The molecule has 1 aromatic carbocycles. The number of hydrogen-bond acceptors (Lipinski definition) is 3. The number of fused-ring (bicyclic) bond motifs is 1. The molecule has 26 heavy (non-hydrogen) atoms. The third kappa shape index (κ3) is 3.57. The van der Waals surface area contributed by atoms with Gasteiger partial charge in [0.25, 0.3) is 0 Å². The first-order valence-corrected chi connectivity index (χ1v) is 8.67. The number of methoxy groups -OCH3 is 1. The molecule has 0 saturated heterocycles. The van der Waals surface area contributed by atoms with E-state index in [0.717, 1.165) is 23.3 Å². The first-order valence-electron chi connectivity index (χ1n) is 8.67. The third-order valence-corrected chi connectivity index (χ3v) is 4.54. The van der Waals surface area contributed by atoms with Crippen LogP contribution in [0, 0.1) is 6.92 Å². The van der Waals surface area contributed by atoms with Crippen LogP contribution in [0.25, 0.3) is 10.9 Å². The molecule has 3 rings (SSSR count). The molecule has 2 heterocycles. The molecule has 138 valence electrons. The van der Waals surface area contributed by atoms with E-state index in [9.17, 15) is 4.79 Å². The first kappa shape index (κ1) is 18.0.